The Morgan fingerprint density at radius 2 is 1.88 bits per heavy atom. The number of nitro benzene ring substituents is 1. The maximum absolute atomic E-state index is 13.0. The molecule has 8 nitrogen and oxygen atoms in total. The Kier molecular flexibility index (Phi) is 5.54. The van der Waals surface area contributed by atoms with E-state index in [-0.39, 0.29) is 22.9 Å². The number of aromatic amines is 1. The van der Waals surface area contributed by atoms with Crippen LogP contribution in [0.3, 0.4) is 0 Å². The number of pyridine rings is 1. The molecule has 2 heterocycles. The highest BCUT2D eigenvalue weighted by Gasteiger charge is 2.28. The molecule has 2 aromatic carbocycles. The van der Waals surface area contributed by atoms with Crippen molar-refractivity contribution in [3.63, 3.8) is 0 Å². The molecular formula is C25H19N3O5S. The fourth-order valence-corrected chi connectivity index (χ4v) is 5.05. The number of fused-ring (bicyclic) bond motifs is 1. The molecule has 0 amide bonds. The maximum atomic E-state index is 13.0. The van der Waals surface area contributed by atoms with Gasteiger partial charge in [0.25, 0.3) is 11.2 Å². The summed E-state index contributed by atoms with van der Waals surface area (Å²) >= 11 is 1.25. The first-order valence-corrected chi connectivity index (χ1v) is 11.4. The molecule has 0 aliphatic heterocycles. The number of non-ortho nitro benzene ring substituents is 1. The van der Waals surface area contributed by atoms with Gasteiger partial charge in [0.15, 0.2) is 5.78 Å². The number of nitrogens with one attached hydrogen (secondary N) is 1. The van der Waals surface area contributed by atoms with Crippen LogP contribution in [-0.4, -0.2) is 27.8 Å². The number of H-pyrrole nitrogens is 1. The van der Waals surface area contributed by atoms with Crippen LogP contribution in [-0.2, 0) is 6.42 Å². The van der Waals surface area contributed by atoms with Crippen LogP contribution in [0.25, 0.3) is 21.8 Å². The highest BCUT2D eigenvalue weighted by atomic mass is 32.1. The molecular weight excluding hydrogens is 454 g/mol. The predicted octanol–water partition coefficient (Wildman–Crippen LogP) is 4.99. The zero-order chi connectivity index (χ0) is 23.8. The summed E-state index contributed by atoms with van der Waals surface area (Å²) in [6.45, 7) is 0. The van der Waals surface area contributed by atoms with Gasteiger partial charge in [0.05, 0.1) is 23.3 Å². The largest absolute Gasteiger partial charge is 0.497 e. The van der Waals surface area contributed by atoms with Gasteiger partial charge < -0.3 is 9.72 Å². The molecule has 5 rings (SSSR count). The Morgan fingerprint density at radius 1 is 1.09 bits per heavy atom. The lowest BCUT2D eigenvalue weighted by Gasteiger charge is -2.24. The van der Waals surface area contributed by atoms with E-state index in [0.717, 1.165) is 11.3 Å². The van der Waals surface area contributed by atoms with Crippen LogP contribution >= 0.6 is 11.3 Å². The Morgan fingerprint density at radius 3 is 2.62 bits per heavy atom. The number of nitrogens with zero attached hydrogens (tertiary/aromatic N) is 2. The van der Waals surface area contributed by atoms with E-state index < -0.39 is 4.92 Å². The van der Waals surface area contributed by atoms with E-state index in [2.05, 4.69) is 9.97 Å². The summed E-state index contributed by atoms with van der Waals surface area (Å²) in [5.41, 5.74) is 3.24. The highest BCUT2D eigenvalue weighted by Crippen LogP contribution is 2.34. The molecule has 170 valence electrons. The van der Waals surface area contributed by atoms with Crippen LogP contribution in [0.15, 0.2) is 64.8 Å². The number of thiazole rings is 1. The molecule has 34 heavy (non-hydrogen) atoms. The second kappa shape index (κ2) is 8.68. The van der Waals surface area contributed by atoms with Crippen molar-refractivity contribution in [1.82, 2.24) is 9.97 Å². The number of Topliss-reactive ketones (excluding diaryl/α,β-unsaturated/α-hetero) is 1. The molecule has 0 fully saturated rings. The van der Waals surface area contributed by atoms with Crippen molar-refractivity contribution in [3.05, 3.63) is 97.3 Å². The molecule has 1 aliphatic carbocycles. The third kappa shape index (κ3) is 4.01. The Bertz CT molecular complexity index is 1470. The number of methoxy groups -OCH3 is 1. The second-order valence-electron chi connectivity index (χ2n) is 8.05. The van der Waals surface area contributed by atoms with Crippen LogP contribution in [0.4, 0.5) is 5.69 Å². The topological polar surface area (TPSA) is 115 Å². The molecule has 1 aliphatic rings. The minimum Gasteiger partial charge on any atom is -0.497 e. The van der Waals surface area contributed by atoms with E-state index in [0.29, 0.717) is 45.9 Å². The standard InChI is InChI=1S/C25H19N3O5S/c1-33-18-7-5-14(6-8-18)16-10-21-19(23(29)11-16)12-20(24(30)26-21)25-27-22(13-34-25)15-3-2-4-17(9-15)28(31)32/h2-9,12-13,16H,10-11H2,1H3,(H,26,30). The normalized spacial score (nSPS) is 15.1. The van der Waals surface area contributed by atoms with E-state index in [1.54, 1.807) is 30.7 Å². The van der Waals surface area contributed by atoms with Gasteiger partial charge in [-0.2, -0.15) is 0 Å². The highest BCUT2D eigenvalue weighted by molar-refractivity contribution is 7.13. The minimum atomic E-state index is -0.463. The molecule has 1 atom stereocenters. The van der Waals surface area contributed by atoms with Crippen LogP contribution < -0.4 is 10.3 Å². The molecule has 2 aromatic heterocycles. The SMILES string of the molecule is COc1ccc(C2CC(=O)c3cc(-c4nc(-c5cccc([N+](=O)[O-])c5)cs4)c(=O)[nH]c3C2)cc1. The average Bonchev–Trinajstić information content (AvgIpc) is 3.34. The lowest BCUT2D eigenvalue weighted by atomic mass is 9.81. The van der Waals surface area contributed by atoms with Gasteiger partial charge in [-0.05, 0) is 36.1 Å². The monoisotopic (exact) mass is 473 g/mol. The summed E-state index contributed by atoms with van der Waals surface area (Å²) in [6, 6.07) is 15.4. The molecule has 1 N–H and O–H groups in total. The van der Waals surface area contributed by atoms with Crippen LogP contribution in [0.5, 0.6) is 5.75 Å². The third-order valence-electron chi connectivity index (χ3n) is 5.98. The quantitative estimate of drug-likeness (QED) is 0.322. The number of hydrogen-bond donors (Lipinski definition) is 1. The number of aromatic nitrogens is 2. The zero-order valence-electron chi connectivity index (χ0n) is 18.1. The second-order valence-corrected chi connectivity index (χ2v) is 8.91. The number of ketones is 1. The lowest BCUT2D eigenvalue weighted by Crippen LogP contribution is -2.24. The minimum absolute atomic E-state index is 0.0206. The van der Waals surface area contributed by atoms with E-state index in [4.69, 9.17) is 4.74 Å². The molecule has 0 radical (unpaired) electrons. The number of nitro groups is 1. The van der Waals surface area contributed by atoms with E-state index in [1.807, 2.05) is 24.3 Å². The van der Waals surface area contributed by atoms with Crippen molar-refractivity contribution in [1.29, 1.82) is 0 Å². The number of hydrogen-bond acceptors (Lipinski definition) is 7. The summed E-state index contributed by atoms with van der Waals surface area (Å²) in [4.78, 5) is 43.9. The average molecular weight is 474 g/mol. The molecule has 9 heteroatoms. The van der Waals surface area contributed by atoms with Gasteiger partial charge >= 0.3 is 0 Å². The van der Waals surface area contributed by atoms with Gasteiger partial charge in [0, 0.05) is 40.8 Å². The van der Waals surface area contributed by atoms with Gasteiger partial charge in [0.2, 0.25) is 0 Å². The molecule has 4 aromatic rings. The fourth-order valence-electron chi connectivity index (χ4n) is 4.21. The third-order valence-corrected chi connectivity index (χ3v) is 6.86. The van der Waals surface area contributed by atoms with Crippen molar-refractivity contribution >= 4 is 22.8 Å². The summed E-state index contributed by atoms with van der Waals surface area (Å²) in [7, 11) is 1.60. The Labute approximate surface area is 198 Å². The number of carbonyl (C=O) groups is 1. The lowest BCUT2D eigenvalue weighted by molar-refractivity contribution is -0.384. The van der Waals surface area contributed by atoms with Gasteiger partial charge in [-0.15, -0.1) is 11.3 Å². The summed E-state index contributed by atoms with van der Waals surface area (Å²) < 4.78 is 5.20. The van der Waals surface area contributed by atoms with Crippen molar-refractivity contribution < 1.29 is 14.5 Å². The van der Waals surface area contributed by atoms with Crippen molar-refractivity contribution in [2.45, 2.75) is 18.8 Å². The Balaban J connectivity index is 1.46. The molecule has 0 spiro atoms. The van der Waals surface area contributed by atoms with Crippen LogP contribution in [0, 0.1) is 10.1 Å². The summed E-state index contributed by atoms with van der Waals surface area (Å²) in [5.74, 6) is 0.694. The maximum Gasteiger partial charge on any atom is 0.270 e. The first kappa shape index (κ1) is 21.7. The Hall–Kier alpha value is -4.11. The summed E-state index contributed by atoms with van der Waals surface area (Å²) in [6.07, 6.45) is 0.904. The summed E-state index contributed by atoms with van der Waals surface area (Å²) in [5, 5.41) is 13.3. The van der Waals surface area contributed by atoms with Crippen LogP contribution in [0.2, 0.25) is 0 Å². The van der Waals surface area contributed by atoms with Gasteiger partial charge in [-0.1, -0.05) is 24.3 Å². The predicted molar refractivity (Wildman–Crippen MR) is 129 cm³/mol. The van der Waals surface area contributed by atoms with Gasteiger partial charge in [-0.25, -0.2) is 4.98 Å². The number of benzene rings is 2. The van der Waals surface area contributed by atoms with Gasteiger partial charge in [-0.3, -0.25) is 19.7 Å². The van der Waals surface area contributed by atoms with Crippen molar-refractivity contribution in [2.75, 3.05) is 7.11 Å². The molecule has 0 bridgehead atoms. The molecule has 0 saturated heterocycles. The van der Waals surface area contributed by atoms with Crippen molar-refractivity contribution in [2.24, 2.45) is 0 Å². The van der Waals surface area contributed by atoms with E-state index in [1.165, 1.54) is 23.5 Å². The first-order valence-electron chi connectivity index (χ1n) is 10.6. The number of rotatable bonds is 5. The van der Waals surface area contributed by atoms with E-state index >= 15 is 0 Å². The smallest absolute Gasteiger partial charge is 0.270 e. The first-order chi connectivity index (χ1) is 16.4. The molecule has 0 saturated carbocycles. The molecule has 1 unspecified atom stereocenters. The fraction of sp³-hybridized carbons (Fsp3) is 0.160. The number of ether oxygens (including phenoxy) is 1. The van der Waals surface area contributed by atoms with Crippen molar-refractivity contribution in [3.8, 4) is 27.6 Å². The zero-order valence-corrected chi connectivity index (χ0v) is 18.9. The van der Waals surface area contributed by atoms with Crippen LogP contribution in [0.1, 0.15) is 34.0 Å². The van der Waals surface area contributed by atoms with E-state index in [9.17, 15) is 19.7 Å². The van der Waals surface area contributed by atoms with Gasteiger partial charge in [0.1, 0.15) is 10.8 Å². The number of carbonyl (C=O) groups excluding carboxylic acids is 1.